The lowest BCUT2D eigenvalue weighted by molar-refractivity contribution is -0.137. The first-order chi connectivity index (χ1) is 6.52. The maximum absolute atomic E-state index is 13.1. The molecule has 1 atom stereocenters. The summed E-state index contributed by atoms with van der Waals surface area (Å²) in [5.41, 5.74) is -0.157. The molecule has 0 fully saturated rings. The van der Waals surface area contributed by atoms with Crippen molar-refractivity contribution in [1.29, 1.82) is 0 Å². The minimum atomic E-state index is -1.07. The molecule has 0 bridgehead atoms. The largest absolute Gasteiger partial charge is 0.481 e. The van der Waals surface area contributed by atoms with Crippen LogP contribution in [0, 0.1) is 11.6 Å². The van der Waals surface area contributed by atoms with Crippen LogP contribution < -0.4 is 0 Å². The molecule has 0 heterocycles. The van der Waals surface area contributed by atoms with Gasteiger partial charge in [-0.15, -0.1) is 0 Å². The van der Waals surface area contributed by atoms with E-state index < -0.39 is 23.5 Å². The molecule has 1 aromatic rings. The molecule has 0 saturated carbocycles. The van der Waals surface area contributed by atoms with Gasteiger partial charge in [-0.2, -0.15) is 0 Å². The minimum absolute atomic E-state index is 0.157. The highest BCUT2D eigenvalue weighted by molar-refractivity contribution is 5.68. The van der Waals surface area contributed by atoms with Crippen LogP contribution in [0.25, 0.3) is 0 Å². The zero-order chi connectivity index (χ0) is 10.7. The molecule has 0 aliphatic rings. The second-order valence-electron chi connectivity index (χ2n) is 3.13. The number of hydrogen-bond acceptors (Lipinski definition) is 1. The van der Waals surface area contributed by atoms with Gasteiger partial charge >= 0.3 is 5.97 Å². The van der Waals surface area contributed by atoms with E-state index in [0.29, 0.717) is 0 Å². The number of aliphatic carboxylic acids is 1. The minimum Gasteiger partial charge on any atom is -0.481 e. The molecule has 0 aliphatic carbocycles. The third kappa shape index (κ3) is 2.28. The van der Waals surface area contributed by atoms with Gasteiger partial charge in [0.15, 0.2) is 0 Å². The number of benzene rings is 1. The standard InChI is InChI=1S/C10H10F2O2/c1-6(5-9(13)14)10-7(11)3-2-4-8(10)12/h2-4,6H,5H2,1H3,(H,13,14). The molecule has 1 unspecified atom stereocenters. The van der Waals surface area contributed by atoms with Crippen molar-refractivity contribution in [2.75, 3.05) is 0 Å². The fraction of sp³-hybridized carbons (Fsp3) is 0.300. The van der Waals surface area contributed by atoms with E-state index in [9.17, 15) is 13.6 Å². The summed E-state index contributed by atoms with van der Waals surface area (Å²) in [7, 11) is 0. The summed E-state index contributed by atoms with van der Waals surface area (Å²) in [5, 5.41) is 8.48. The lowest BCUT2D eigenvalue weighted by Crippen LogP contribution is -2.06. The van der Waals surface area contributed by atoms with Crippen LogP contribution in [0.5, 0.6) is 0 Å². The normalized spacial score (nSPS) is 12.5. The number of hydrogen-bond donors (Lipinski definition) is 1. The number of halogens is 2. The molecule has 0 aromatic heterocycles. The summed E-state index contributed by atoms with van der Waals surface area (Å²) in [5.74, 6) is -3.12. The van der Waals surface area contributed by atoms with Crippen LogP contribution in [0.4, 0.5) is 8.78 Å². The Bertz CT molecular complexity index is 330. The second kappa shape index (κ2) is 4.17. The van der Waals surface area contributed by atoms with Gasteiger partial charge in [0, 0.05) is 5.56 Å². The first-order valence-corrected chi connectivity index (χ1v) is 4.18. The average Bonchev–Trinajstić information content (AvgIpc) is 2.01. The zero-order valence-corrected chi connectivity index (χ0v) is 7.63. The Hall–Kier alpha value is -1.45. The smallest absolute Gasteiger partial charge is 0.303 e. The van der Waals surface area contributed by atoms with Crippen molar-refractivity contribution in [2.45, 2.75) is 19.3 Å². The van der Waals surface area contributed by atoms with Crippen LogP contribution in [0.2, 0.25) is 0 Å². The monoisotopic (exact) mass is 200 g/mol. The van der Waals surface area contributed by atoms with Crippen LogP contribution in [0.3, 0.4) is 0 Å². The summed E-state index contributed by atoms with van der Waals surface area (Å²) >= 11 is 0. The van der Waals surface area contributed by atoms with Crippen molar-refractivity contribution in [3.05, 3.63) is 35.4 Å². The van der Waals surface area contributed by atoms with E-state index in [2.05, 4.69) is 0 Å². The van der Waals surface area contributed by atoms with Crippen molar-refractivity contribution in [3.63, 3.8) is 0 Å². The van der Waals surface area contributed by atoms with E-state index >= 15 is 0 Å². The maximum atomic E-state index is 13.1. The summed E-state index contributed by atoms with van der Waals surface area (Å²) < 4.78 is 26.2. The summed E-state index contributed by atoms with van der Waals surface area (Å²) in [4.78, 5) is 10.4. The molecule has 2 nitrogen and oxygen atoms in total. The number of carbonyl (C=O) groups is 1. The average molecular weight is 200 g/mol. The summed E-state index contributed by atoms with van der Waals surface area (Å²) in [6, 6.07) is 3.50. The van der Waals surface area contributed by atoms with Crippen LogP contribution in [0.1, 0.15) is 24.8 Å². The van der Waals surface area contributed by atoms with Crippen LogP contribution in [-0.2, 0) is 4.79 Å². The van der Waals surface area contributed by atoms with Gasteiger partial charge in [0.05, 0.1) is 6.42 Å². The topological polar surface area (TPSA) is 37.3 Å². The van der Waals surface area contributed by atoms with Crippen LogP contribution >= 0.6 is 0 Å². The second-order valence-corrected chi connectivity index (χ2v) is 3.13. The van der Waals surface area contributed by atoms with Crippen molar-refractivity contribution >= 4 is 5.97 Å². The Morgan fingerprint density at radius 2 is 1.93 bits per heavy atom. The first-order valence-electron chi connectivity index (χ1n) is 4.18. The molecule has 1 N–H and O–H groups in total. The van der Waals surface area contributed by atoms with Crippen molar-refractivity contribution < 1.29 is 18.7 Å². The fourth-order valence-electron chi connectivity index (χ4n) is 1.35. The Morgan fingerprint density at radius 3 is 2.36 bits per heavy atom. The predicted octanol–water partition coefficient (Wildman–Crippen LogP) is 2.54. The Kier molecular flexibility index (Phi) is 3.17. The third-order valence-electron chi connectivity index (χ3n) is 1.97. The Morgan fingerprint density at radius 1 is 1.43 bits per heavy atom. The first kappa shape index (κ1) is 10.6. The van der Waals surface area contributed by atoms with Gasteiger partial charge in [-0.25, -0.2) is 8.78 Å². The molecule has 0 saturated heterocycles. The van der Waals surface area contributed by atoms with E-state index in [1.165, 1.54) is 13.0 Å². The van der Waals surface area contributed by atoms with E-state index in [1.54, 1.807) is 0 Å². The van der Waals surface area contributed by atoms with Gasteiger partial charge in [0.1, 0.15) is 11.6 Å². The van der Waals surface area contributed by atoms with E-state index in [1.807, 2.05) is 0 Å². The lowest BCUT2D eigenvalue weighted by Gasteiger charge is -2.10. The molecule has 1 rings (SSSR count). The Labute approximate surface area is 80.2 Å². The number of carboxylic acids is 1. The van der Waals surface area contributed by atoms with E-state index in [4.69, 9.17) is 5.11 Å². The molecule has 0 spiro atoms. The van der Waals surface area contributed by atoms with Crippen molar-refractivity contribution in [2.24, 2.45) is 0 Å². The molecule has 0 aliphatic heterocycles. The fourth-order valence-corrected chi connectivity index (χ4v) is 1.35. The zero-order valence-electron chi connectivity index (χ0n) is 7.63. The molecule has 0 amide bonds. The summed E-state index contributed by atoms with van der Waals surface area (Å²) in [6.45, 7) is 1.48. The quantitative estimate of drug-likeness (QED) is 0.814. The highest BCUT2D eigenvalue weighted by Gasteiger charge is 2.18. The third-order valence-corrected chi connectivity index (χ3v) is 1.97. The molecule has 76 valence electrons. The summed E-state index contributed by atoms with van der Waals surface area (Å²) in [6.07, 6.45) is -0.280. The van der Waals surface area contributed by atoms with Gasteiger partial charge in [-0.3, -0.25) is 4.79 Å². The molecule has 0 radical (unpaired) electrons. The predicted molar refractivity (Wildman–Crippen MR) is 47.0 cm³/mol. The van der Waals surface area contributed by atoms with Crippen LogP contribution in [0.15, 0.2) is 18.2 Å². The number of carboxylic acid groups (broad SMARTS) is 1. The molecule has 14 heavy (non-hydrogen) atoms. The molecular weight excluding hydrogens is 190 g/mol. The van der Waals surface area contributed by atoms with Crippen molar-refractivity contribution in [1.82, 2.24) is 0 Å². The van der Waals surface area contributed by atoms with Gasteiger partial charge in [-0.05, 0) is 18.1 Å². The van der Waals surface area contributed by atoms with E-state index in [-0.39, 0.29) is 12.0 Å². The van der Waals surface area contributed by atoms with Crippen molar-refractivity contribution in [3.8, 4) is 0 Å². The SMILES string of the molecule is CC(CC(=O)O)c1c(F)cccc1F. The van der Waals surface area contributed by atoms with Gasteiger partial charge in [0.2, 0.25) is 0 Å². The highest BCUT2D eigenvalue weighted by atomic mass is 19.1. The Balaban J connectivity index is 2.99. The maximum Gasteiger partial charge on any atom is 0.303 e. The number of rotatable bonds is 3. The van der Waals surface area contributed by atoms with Gasteiger partial charge < -0.3 is 5.11 Å². The lowest BCUT2D eigenvalue weighted by atomic mass is 9.97. The van der Waals surface area contributed by atoms with Gasteiger partial charge in [0.25, 0.3) is 0 Å². The van der Waals surface area contributed by atoms with E-state index in [0.717, 1.165) is 12.1 Å². The van der Waals surface area contributed by atoms with Crippen LogP contribution in [-0.4, -0.2) is 11.1 Å². The highest BCUT2D eigenvalue weighted by Crippen LogP contribution is 2.24. The molecule has 4 heteroatoms. The molecule has 1 aromatic carbocycles. The molecular formula is C10H10F2O2. The van der Waals surface area contributed by atoms with Gasteiger partial charge in [-0.1, -0.05) is 13.0 Å².